The fourth-order valence-electron chi connectivity index (χ4n) is 4.55. The summed E-state index contributed by atoms with van der Waals surface area (Å²) in [6.07, 6.45) is 2.04. The molecule has 0 aromatic heterocycles. The van der Waals surface area contributed by atoms with Gasteiger partial charge >= 0.3 is 0 Å². The van der Waals surface area contributed by atoms with E-state index < -0.39 is 26.1 Å². The van der Waals surface area contributed by atoms with Crippen molar-refractivity contribution in [3.05, 3.63) is 48.5 Å². The van der Waals surface area contributed by atoms with Gasteiger partial charge < -0.3 is 19.5 Å². The summed E-state index contributed by atoms with van der Waals surface area (Å²) in [5.41, 5.74) is 0.844. The second-order valence-electron chi connectivity index (χ2n) is 8.44. The summed E-state index contributed by atoms with van der Waals surface area (Å²) in [6.45, 7) is 1.17. The molecule has 2 aliphatic heterocycles. The van der Waals surface area contributed by atoms with E-state index in [0.29, 0.717) is 36.6 Å². The molecule has 2 aliphatic rings. The monoisotopic (exact) mass is 476 g/mol. The number of hydroxylamine groups is 1. The number of benzene rings is 2. The number of hydrogen-bond donors (Lipinski definition) is 3. The van der Waals surface area contributed by atoms with Gasteiger partial charge in [-0.3, -0.25) is 10.0 Å². The summed E-state index contributed by atoms with van der Waals surface area (Å²) < 4.78 is 42.4. The molecule has 2 heterocycles. The van der Waals surface area contributed by atoms with Crippen LogP contribution < -0.4 is 20.3 Å². The third kappa shape index (κ3) is 4.43. The van der Waals surface area contributed by atoms with Crippen molar-refractivity contribution in [3.8, 4) is 17.2 Å². The lowest BCUT2D eigenvalue weighted by molar-refractivity contribution is -0.131. The molecular weight excluding hydrogens is 448 g/mol. The van der Waals surface area contributed by atoms with Crippen molar-refractivity contribution in [2.75, 3.05) is 26.8 Å². The van der Waals surface area contributed by atoms with Crippen LogP contribution in [0.2, 0.25) is 0 Å². The van der Waals surface area contributed by atoms with Gasteiger partial charge in [0.2, 0.25) is 0 Å². The molecule has 0 bridgehead atoms. The highest BCUT2D eigenvalue weighted by Crippen LogP contribution is 2.46. The maximum Gasteiger partial charge on any atom is 0.267 e. The van der Waals surface area contributed by atoms with E-state index in [9.17, 15) is 18.4 Å². The number of carbonyl (C=O) groups excluding carboxylic acids is 1. The molecule has 4 rings (SSSR count). The highest BCUT2D eigenvalue weighted by Gasteiger charge is 2.61. The summed E-state index contributed by atoms with van der Waals surface area (Å²) in [7, 11) is -2.61. The molecule has 2 aromatic carbocycles. The molecule has 2 atom stereocenters. The van der Waals surface area contributed by atoms with Crippen LogP contribution in [-0.4, -0.2) is 56.7 Å². The Bertz CT molecular complexity index is 1080. The van der Waals surface area contributed by atoms with Gasteiger partial charge in [0.1, 0.15) is 17.2 Å². The van der Waals surface area contributed by atoms with E-state index in [4.69, 9.17) is 14.2 Å². The highest BCUT2D eigenvalue weighted by molar-refractivity contribution is 7.93. The van der Waals surface area contributed by atoms with Crippen LogP contribution in [0.15, 0.2) is 53.4 Å². The Morgan fingerprint density at radius 2 is 1.67 bits per heavy atom. The van der Waals surface area contributed by atoms with Gasteiger partial charge in [0.25, 0.3) is 5.91 Å². The minimum absolute atomic E-state index is 0.0134. The molecule has 178 valence electrons. The van der Waals surface area contributed by atoms with Gasteiger partial charge in [-0.15, -0.1) is 0 Å². The van der Waals surface area contributed by atoms with E-state index in [2.05, 4.69) is 5.32 Å². The number of hydrogen-bond acceptors (Lipinski definition) is 8. The number of rotatable bonds is 6. The zero-order valence-corrected chi connectivity index (χ0v) is 19.2. The van der Waals surface area contributed by atoms with E-state index in [1.54, 1.807) is 36.9 Å². The standard InChI is InChI=1S/C23H28N2O7S/c1-30-17-3-5-18(6-4-17)32-19-7-9-20(10-8-19)33(28,29)23(21(26)25-27)15-22(31-16-23)11-2-13-24-14-12-22/h3-10,24,27H,2,11-16H2,1H3,(H,25,26). The van der Waals surface area contributed by atoms with E-state index >= 15 is 0 Å². The zero-order valence-electron chi connectivity index (χ0n) is 18.4. The summed E-state index contributed by atoms with van der Waals surface area (Å²) in [4.78, 5) is 12.7. The van der Waals surface area contributed by atoms with Crippen molar-refractivity contribution in [1.29, 1.82) is 0 Å². The van der Waals surface area contributed by atoms with Crippen LogP contribution in [0.4, 0.5) is 0 Å². The molecule has 0 saturated carbocycles. The van der Waals surface area contributed by atoms with Gasteiger partial charge in [-0.1, -0.05) is 0 Å². The van der Waals surface area contributed by atoms with Crippen LogP contribution in [0.5, 0.6) is 17.2 Å². The normalized spacial score (nSPS) is 25.4. The third-order valence-corrected chi connectivity index (χ3v) is 8.79. The number of sulfone groups is 1. The van der Waals surface area contributed by atoms with Crippen molar-refractivity contribution in [1.82, 2.24) is 10.8 Å². The van der Waals surface area contributed by atoms with Crippen LogP contribution in [0, 0.1) is 0 Å². The molecule has 1 spiro atoms. The lowest BCUT2D eigenvalue weighted by atomic mass is 9.87. The van der Waals surface area contributed by atoms with E-state index in [1.807, 2.05) is 0 Å². The van der Waals surface area contributed by atoms with E-state index in [0.717, 1.165) is 13.0 Å². The molecule has 0 aliphatic carbocycles. The number of nitrogens with one attached hydrogen (secondary N) is 2. The first-order chi connectivity index (χ1) is 15.8. The SMILES string of the molecule is COc1ccc(Oc2ccc(S(=O)(=O)C3(C(=O)NO)COC4(CCCNCC4)C3)cc2)cc1. The highest BCUT2D eigenvalue weighted by atomic mass is 32.2. The van der Waals surface area contributed by atoms with Crippen LogP contribution >= 0.6 is 0 Å². The smallest absolute Gasteiger partial charge is 0.267 e. The minimum Gasteiger partial charge on any atom is -0.497 e. The molecule has 0 radical (unpaired) electrons. The van der Waals surface area contributed by atoms with Gasteiger partial charge in [0.15, 0.2) is 14.6 Å². The maximum absolute atomic E-state index is 13.7. The molecule has 10 heteroatoms. The predicted molar refractivity (Wildman–Crippen MR) is 119 cm³/mol. The van der Waals surface area contributed by atoms with Crippen LogP contribution in [0.3, 0.4) is 0 Å². The van der Waals surface area contributed by atoms with E-state index in [-0.39, 0.29) is 17.9 Å². The third-order valence-electron chi connectivity index (χ3n) is 6.42. The number of methoxy groups -OCH3 is 1. The van der Waals surface area contributed by atoms with Crippen molar-refractivity contribution in [2.24, 2.45) is 0 Å². The topological polar surface area (TPSA) is 123 Å². The van der Waals surface area contributed by atoms with Gasteiger partial charge in [-0.05, 0) is 80.9 Å². The van der Waals surface area contributed by atoms with E-state index in [1.165, 1.54) is 24.3 Å². The summed E-state index contributed by atoms with van der Waals surface area (Å²) in [5.74, 6) is 0.719. The molecule has 2 fully saturated rings. The number of amides is 1. The molecule has 3 N–H and O–H groups in total. The molecule has 9 nitrogen and oxygen atoms in total. The Morgan fingerprint density at radius 3 is 2.30 bits per heavy atom. The van der Waals surface area contributed by atoms with Crippen LogP contribution in [-0.2, 0) is 19.4 Å². The Morgan fingerprint density at radius 1 is 1.03 bits per heavy atom. The first-order valence-corrected chi connectivity index (χ1v) is 12.3. The number of ether oxygens (including phenoxy) is 3. The summed E-state index contributed by atoms with van der Waals surface area (Å²) in [6, 6.07) is 12.8. The lowest BCUT2D eigenvalue weighted by Crippen LogP contribution is -2.53. The zero-order chi connectivity index (χ0) is 23.5. The molecule has 1 amide bonds. The minimum atomic E-state index is -4.19. The van der Waals surface area contributed by atoms with Gasteiger partial charge in [0.05, 0.1) is 24.2 Å². The Labute approximate surface area is 192 Å². The lowest BCUT2D eigenvalue weighted by Gasteiger charge is -2.29. The van der Waals surface area contributed by atoms with Gasteiger partial charge in [0, 0.05) is 6.42 Å². The molecule has 2 saturated heterocycles. The predicted octanol–water partition coefficient (Wildman–Crippen LogP) is 2.44. The summed E-state index contributed by atoms with van der Waals surface area (Å²) >= 11 is 0. The maximum atomic E-state index is 13.7. The summed E-state index contributed by atoms with van der Waals surface area (Å²) in [5, 5.41) is 12.7. The largest absolute Gasteiger partial charge is 0.497 e. The Kier molecular flexibility index (Phi) is 6.62. The Hall–Kier alpha value is -2.66. The molecular formula is C23H28N2O7S. The van der Waals surface area contributed by atoms with Crippen LogP contribution in [0.25, 0.3) is 0 Å². The molecule has 2 aromatic rings. The molecule has 33 heavy (non-hydrogen) atoms. The average Bonchev–Trinajstić information content (AvgIpc) is 3.08. The number of carbonyl (C=O) groups is 1. The van der Waals surface area contributed by atoms with Crippen molar-refractivity contribution >= 4 is 15.7 Å². The van der Waals surface area contributed by atoms with Crippen LogP contribution in [0.1, 0.15) is 25.7 Å². The second-order valence-corrected chi connectivity index (χ2v) is 10.7. The van der Waals surface area contributed by atoms with Crippen molar-refractivity contribution < 1.29 is 32.6 Å². The van der Waals surface area contributed by atoms with Gasteiger partial charge in [-0.2, -0.15) is 0 Å². The first-order valence-electron chi connectivity index (χ1n) is 10.8. The average molecular weight is 477 g/mol. The fourth-order valence-corrected chi connectivity index (χ4v) is 6.45. The fraction of sp³-hybridized carbons (Fsp3) is 0.435. The van der Waals surface area contributed by atoms with Gasteiger partial charge in [-0.25, -0.2) is 13.9 Å². The second kappa shape index (κ2) is 9.30. The Balaban J connectivity index is 1.59. The van der Waals surface area contributed by atoms with Crippen molar-refractivity contribution in [2.45, 2.75) is 40.9 Å². The first kappa shape index (κ1) is 23.5. The molecule has 2 unspecified atom stereocenters. The quantitative estimate of drug-likeness (QED) is 0.429. The van der Waals surface area contributed by atoms with Crippen molar-refractivity contribution in [3.63, 3.8) is 0 Å².